The fourth-order valence-electron chi connectivity index (χ4n) is 2.67. The van der Waals surface area contributed by atoms with Gasteiger partial charge in [-0.25, -0.2) is 0 Å². The van der Waals surface area contributed by atoms with E-state index in [0.717, 1.165) is 29.6 Å². The van der Waals surface area contributed by atoms with Crippen LogP contribution in [0.1, 0.15) is 32.1 Å². The fourth-order valence-corrected chi connectivity index (χ4v) is 2.67. The van der Waals surface area contributed by atoms with E-state index >= 15 is 0 Å². The average molecular weight is 249 g/mol. The van der Waals surface area contributed by atoms with E-state index in [2.05, 4.69) is 5.32 Å². The summed E-state index contributed by atoms with van der Waals surface area (Å²) in [4.78, 5) is 0. The summed E-state index contributed by atoms with van der Waals surface area (Å²) in [6.45, 7) is 1.04. The molecule has 18 heavy (non-hydrogen) atoms. The first-order chi connectivity index (χ1) is 8.83. The molecule has 1 fully saturated rings. The molecule has 1 N–H and O–H groups in total. The molecule has 1 aromatic rings. The molecule has 0 heterocycles. The molecule has 0 bridgehead atoms. The molecule has 0 saturated heterocycles. The highest BCUT2D eigenvalue weighted by Crippen LogP contribution is 2.30. The molecule has 0 aromatic heterocycles. The molecule has 0 radical (unpaired) electrons. The van der Waals surface area contributed by atoms with Crippen molar-refractivity contribution < 1.29 is 9.47 Å². The van der Waals surface area contributed by atoms with Crippen LogP contribution in [0.4, 0.5) is 5.69 Å². The van der Waals surface area contributed by atoms with Crippen LogP contribution in [0.25, 0.3) is 0 Å². The van der Waals surface area contributed by atoms with Crippen LogP contribution in [0.5, 0.6) is 11.5 Å². The van der Waals surface area contributed by atoms with Crippen LogP contribution in [0.2, 0.25) is 0 Å². The van der Waals surface area contributed by atoms with Crippen molar-refractivity contribution in [1.29, 1.82) is 0 Å². The predicted molar refractivity (Wildman–Crippen MR) is 74.6 cm³/mol. The lowest BCUT2D eigenvalue weighted by atomic mass is 10.0. The van der Waals surface area contributed by atoms with Crippen LogP contribution in [0.15, 0.2) is 18.2 Å². The van der Waals surface area contributed by atoms with E-state index in [9.17, 15) is 0 Å². The van der Waals surface area contributed by atoms with E-state index in [1.165, 1.54) is 32.1 Å². The van der Waals surface area contributed by atoms with E-state index in [1.54, 1.807) is 14.2 Å². The summed E-state index contributed by atoms with van der Waals surface area (Å²) in [5, 5.41) is 3.46. The van der Waals surface area contributed by atoms with Crippen molar-refractivity contribution in [2.75, 3.05) is 26.1 Å². The van der Waals surface area contributed by atoms with E-state index in [1.807, 2.05) is 18.2 Å². The van der Waals surface area contributed by atoms with Gasteiger partial charge in [0, 0.05) is 18.3 Å². The molecule has 2 rings (SSSR count). The minimum absolute atomic E-state index is 0.777. The smallest absolute Gasteiger partial charge is 0.162 e. The van der Waals surface area contributed by atoms with E-state index < -0.39 is 0 Å². The Morgan fingerprint density at radius 2 is 1.83 bits per heavy atom. The number of methoxy groups -OCH3 is 2. The molecule has 1 saturated carbocycles. The van der Waals surface area contributed by atoms with Gasteiger partial charge in [-0.05, 0) is 24.5 Å². The molecule has 1 aliphatic carbocycles. The Balaban J connectivity index is 1.84. The van der Waals surface area contributed by atoms with Crippen molar-refractivity contribution in [2.24, 2.45) is 5.92 Å². The zero-order chi connectivity index (χ0) is 12.8. The Morgan fingerprint density at radius 3 is 2.50 bits per heavy atom. The van der Waals surface area contributed by atoms with Crippen LogP contribution >= 0.6 is 0 Å². The molecular weight excluding hydrogens is 226 g/mol. The largest absolute Gasteiger partial charge is 0.493 e. The summed E-state index contributed by atoms with van der Waals surface area (Å²) >= 11 is 0. The van der Waals surface area contributed by atoms with Crippen molar-refractivity contribution in [3.63, 3.8) is 0 Å². The maximum Gasteiger partial charge on any atom is 0.162 e. The number of ether oxygens (including phenoxy) is 2. The maximum atomic E-state index is 5.29. The molecule has 3 heteroatoms. The number of rotatable bonds is 6. The Bertz CT molecular complexity index is 373. The summed E-state index contributed by atoms with van der Waals surface area (Å²) < 4.78 is 10.5. The highest BCUT2D eigenvalue weighted by Gasteiger charge is 2.14. The van der Waals surface area contributed by atoms with Crippen LogP contribution < -0.4 is 14.8 Å². The van der Waals surface area contributed by atoms with Crippen molar-refractivity contribution in [3.8, 4) is 11.5 Å². The third-order valence-corrected chi connectivity index (χ3v) is 3.74. The molecule has 1 aliphatic rings. The first kappa shape index (κ1) is 13.1. The maximum absolute atomic E-state index is 5.29. The molecule has 0 amide bonds. The fraction of sp³-hybridized carbons (Fsp3) is 0.600. The highest BCUT2D eigenvalue weighted by molar-refractivity contribution is 5.54. The van der Waals surface area contributed by atoms with Gasteiger partial charge in [-0.15, -0.1) is 0 Å². The van der Waals surface area contributed by atoms with Crippen molar-refractivity contribution in [3.05, 3.63) is 18.2 Å². The van der Waals surface area contributed by atoms with E-state index in [-0.39, 0.29) is 0 Å². The molecule has 0 spiro atoms. The topological polar surface area (TPSA) is 30.5 Å². The average Bonchev–Trinajstić information content (AvgIpc) is 2.91. The lowest BCUT2D eigenvalue weighted by molar-refractivity contribution is 0.355. The number of hydrogen-bond donors (Lipinski definition) is 1. The van der Waals surface area contributed by atoms with Crippen LogP contribution in [-0.4, -0.2) is 20.8 Å². The SMILES string of the molecule is COc1ccc(NCCC2CCCC2)cc1OC. The number of benzene rings is 1. The number of anilines is 1. The van der Waals surface area contributed by atoms with Gasteiger partial charge in [0.1, 0.15) is 0 Å². The Labute approximate surface area is 109 Å². The monoisotopic (exact) mass is 249 g/mol. The quantitative estimate of drug-likeness (QED) is 0.834. The molecule has 1 aromatic carbocycles. The van der Waals surface area contributed by atoms with Gasteiger partial charge in [0.2, 0.25) is 0 Å². The van der Waals surface area contributed by atoms with Gasteiger partial charge in [0.05, 0.1) is 14.2 Å². The third-order valence-electron chi connectivity index (χ3n) is 3.74. The van der Waals surface area contributed by atoms with Gasteiger partial charge in [-0.1, -0.05) is 25.7 Å². The highest BCUT2D eigenvalue weighted by atomic mass is 16.5. The summed E-state index contributed by atoms with van der Waals surface area (Å²) in [7, 11) is 3.32. The molecular formula is C15H23NO2. The minimum atomic E-state index is 0.777. The lowest BCUT2D eigenvalue weighted by Gasteiger charge is -2.13. The lowest BCUT2D eigenvalue weighted by Crippen LogP contribution is -2.06. The van der Waals surface area contributed by atoms with Crippen molar-refractivity contribution >= 4 is 5.69 Å². The standard InChI is InChI=1S/C15H23NO2/c1-17-14-8-7-13(11-15(14)18-2)16-10-9-12-5-3-4-6-12/h7-8,11-12,16H,3-6,9-10H2,1-2H3. The first-order valence-corrected chi connectivity index (χ1v) is 6.79. The summed E-state index contributed by atoms with van der Waals surface area (Å²) in [5.74, 6) is 2.49. The number of hydrogen-bond acceptors (Lipinski definition) is 3. The summed E-state index contributed by atoms with van der Waals surface area (Å²) in [6, 6.07) is 5.97. The second-order valence-electron chi connectivity index (χ2n) is 4.94. The molecule has 0 unspecified atom stereocenters. The second-order valence-corrected chi connectivity index (χ2v) is 4.94. The second kappa shape index (κ2) is 6.53. The Hall–Kier alpha value is -1.38. The van der Waals surface area contributed by atoms with Gasteiger partial charge in [-0.2, -0.15) is 0 Å². The zero-order valence-corrected chi connectivity index (χ0v) is 11.4. The number of nitrogens with one attached hydrogen (secondary N) is 1. The molecule has 0 aliphatic heterocycles. The van der Waals surface area contributed by atoms with E-state index in [0.29, 0.717) is 0 Å². The van der Waals surface area contributed by atoms with Crippen LogP contribution in [0, 0.1) is 5.92 Å². The zero-order valence-electron chi connectivity index (χ0n) is 11.4. The molecule has 0 atom stereocenters. The Morgan fingerprint density at radius 1 is 1.11 bits per heavy atom. The van der Waals surface area contributed by atoms with Gasteiger partial charge < -0.3 is 14.8 Å². The van der Waals surface area contributed by atoms with Gasteiger partial charge in [0.15, 0.2) is 11.5 Å². The van der Waals surface area contributed by atoms with Gasteiger partial charge in [-0.3, -0.25) is 0 Å². The summed E-state index contributed by atoms with van der Waals surface area (Å²) in [5.41, 5.74) is 1.10. The van der Waals surface area contributed by atoms with Crippen LogP contribution in [0.3, 0.4) is 0 Å². The van der Waals surface area contributed by atoms with Crippen LogP contribution in [-0.2, 0) is 0 Å². The molecule has 3 nitrogen and oxygen atoms in total. The van der Waals surface area contributed by atoms with Crippen molar-refractivity contribution in [1.82, 2.24) is 0 Å². The predicted octanol–water partition coefficient (Wildman–Crippen LogP) is 3.70. The van der Waals surface area contributed by atoms with Gasteiger partial charge >= 0.3 is 0 Å². The minimum Gasteiger partial charge on any atom is -0.493 e. The Kier molecular flexibility index (Phi) is 4.73. The summed E-state index contributed by atoms with van der Waals surface area (Å²) in [6.07, 6.45) is 6.93. The van der Waals surface area contributed by atoms with E-state index in [4.69, 9.17) is 9.47 Å². The first-order valence-electron chi connectivity index (χ1n) is 6.79. The normalized spacial score (nSPS) is 15.7. The van der Waals surface area contributed by atoms with Gasteiger partial charge in [0.25, 0.3) is 0 Å². The van der Waals surface area contributed by atoms with Crippen molar-refractivity contribution in [2.45, 2.75) is 32.1 Å². The molecule has 100 valence electrons. The third kappa shape index (κ3) is 3.31.